The van der Waals surface area contributed by atoms with Crippen molar-refractivity contribution in [2.75, 3.05) is 5.75 Å². The Hall–Kier alpha value is -2.58. The van der Waals surface area contributed by atoms with Crippen LogP contribution in [-0.2, 0) is 16.4 Å². The highest BCUT2D eigenvalue weighted by Gasteiger charge is 2.07. The molecule has 0 fully saturated rings. The fraction of sp³-hybridized carbons (Fsp3) is 0.176. The summed E-state index contributed by atoms with van der Waals surface area (Å²) in [6.07, 6.45) is 3.88. The van der Waals surface area contributed by atoms with Crippen molar-refractivity contribution in [3.05, 3.63) is 60.2 Å². The Morgan fingerprint density at radius 2 is 1.76 bits per heavy atom. The van der Waals surface area contributed by atoms with E-state index in [9.17, 15) is 12.8 Å². The first-order chi connectivity index (χ1) is 11.9. The number of hydrogen-bond donors (Lipinski definition) is 1. The number of sulfonamides is 1. The Bertz CT molecular complexity index is 1010. The number of hydrogen-bond acceptors (Lipinski definition) is 5. The SMILES string of the molecule is NS(=O)(=O)CCCc1cc(F)cc(Oc2ccc3nccnc3c2)c1. The average molecular weight is 361 g/mol. The summed E-state index contributed by atoms with van der Waals surface area (Å²) in [5.74, 6) is 0.231. The number of rotatable bonds is 6. The maximum absolute atomic E-state index is 13.8. The first-order valence-electron chi connectivity index (χ1n) is 7.58. The van der Waals surface area contributed by atoms with Gasteiger partial charge in [0, 0.05) is 24.5 Å². The van der Waals surface area contributed by atoms with Crippen LogP contribution in [0.5, 0.6) is 11.5 Å². The van der Waals surface area contributed by atoms with Gasteiger partial charge in [0.25, 0.3) is 0 Å². The van der Waals surface area contributed by atoms with E-state index in [1.165, 1.54) is 12.1 Å². The van der Waals surface area contributed by atoms with Gasteiger partial charge >= 0.3 is 0 Å². The molecule has 3 rings (SSSR count). The van der Waals surface area contributed by atoms with E-state index in [0.29, 0.717) is 35.4 Å². The molecule has 1 heterocycles. The molecule has 6 nitrogen and oxygen atoms in total. The molecule has 0 bridgehead atoms. The van der Waals surface area contributed by atoms with E-state index in [2.05, 4.69) is 9.97 Å². The quantitative estimate of drug-likeness (QED) is 0.728. The van der Waals surface area contributed by atoms with Gasteiger partial charge in [0.2, 0.25) is 10.0 Å². The maximum Gasteiger partial charge on any atom is 0.209 e. The van der Waals surface area contributed by atoms with Crippen molar-refractivity contribution in [2.45, 2.75) is 12.8 Å². The van der Waals surface area contributed by atoms with Crippen molar-refractivity contribution in [1.29, 1.82) is 0 Å². The van der Waals surface area contributed by atoms with Crippen molar-refractivity contribution in [3.8, 4) is 11.5 Å². The number of ether oxygens (including phenoxy) is 1. The molecule has 8 heteroatoms. The van der Waals surface area contributed by atoms with E-state index in [0.717, 1.165) is 5.52 Å². The molecule has 0 aliphatic heterocycles. The second-order valence-corrected chi connectivity index (χ2v) is 7.31. The van der Waals surface area contributed by atoms with Crippen LogP contribution in [0.2, 0.25) is 0 Å². The van der Waals surface area contributed by atoms with Crippen LogP contribution in [0.25, 0.3) is 11.0 Å². The second-order valence-electron chi connectivity index (χ2n) is 5.57. The summed E-state index contributed by atoms with van der Waals surface area (Å²) >= 11 is 0. The van der Waals surface area contributed by atoms with Crippen LogP contribution in [-0.4, -0.2) is 24.1 Å². The van der Waals surface area contributed by atoms with Gasteiger partial charge in [-0.15, -0.1) is 0 Å². The molecule has 0 saturated carbocycles. The molecule has 25 heavy (non-hydrogen) atoms. The Balaban J connectivity index is 1.77. The minimum Gasteiger partial charge on any atom is -0.457 e. The summed E-state index contributed by atoms with van der Waals surface area (Å²) in [5.41, 5.74) is 2.04. The lowest BCUT2D eigenvalue weighted by Crippen LogP contribution is -2.16. The highest BCUT2D eigenvalue weighted by molar-refractivity contribution is 7.89. The molecule has 2 N–H and O–H groups in total. The summed E-state index contributed by atoms with van der Waals surface area (Å²) in [7, 11) is -3.52. The standard InChI is InChI=1S/C17H16FN3O3S/c18-13-8-12(2-1-7-25(19,22)23)9-15(10-13)24-14-3-4-16-17(11-14)21-6-5-20-16/h3-6,8-11H,1-2,7H2,(H2,19,22,23). The van der Waals surface area contributed by atoms with Gasteiger partial charge in [-0.2, -0.15) is 0 Å². The minimum absolute atomic E-state index is 0.150. The predicted molar refractivity (Wildman–Crippen MR) is 92.3 cm³/mol. The van der Waals surface area contributed by atoms with Gasteiger partial charge in [-0.3, -0.25) is 9.97 Å². The topological polar surface area (TPSA) is 95.2 Å². The van der Waals surface area contributed by atoms with E-state index in [-0.39, 0.29) is 5.75 Å². The molecular weight excluding hydrogens is 345 g/mol. The molecule has 0 amide bonds. The normalized spacial score (nSPS) is 11.6. The molecule has 2 aromatic carbocycles. The lowest BCUT2D eigenvalue weighted by molar-refractivity contribution is 0.476. The number of nitrogens with two attached hydrogens (primary N) is 1. The van der Waals surface area contributed by atoms with E-state index in [4.69, 9.17) is 9.88 Å². The Labute approximate surface area is 144 Å². The molecule has 0 aliphatic carbocycles. The lowest BCUT2D eigenvalue weighted by Gasteiger charge is -2.09. The number of halogens is 1. The molecule has 0 aliphatic rings. The van der Waals surface area contributed by atoms with Crippen LogP contribution in [0.15, 0.2) is 48.8 Å². The van der Waals surface area contributed by atoms with Crippen LogP contribution in [0, 0.1) is 5.82 Å². The second kappa shape index (κ2) is 7.12. The van der Waals surface area contributed by atoms with E-state index in [1.807, 2.05) is 0 Å². The molecule has 0 radical (unpaired) electrons. The molecule has 0 unspecified atom stereocenters. The van der Waals surface area contributed by atoms with Crippen LogP contribution in [0.1, 0.15) is 12.0 Å². The van der Waals surface area contributed by atoms with Gasteiger partial charge in [0.1, 0.15) is 17.3 Å². The molecule has 0 spiro atoms. The molecule has 1 aromatic heterocycles. The third kappa shape index (κ3) is 4.94. The third-order valence-corrected chi connectivity index (χ3v) is 4.36. The molecule has 0 saturated heterocycles. The van der Waals surface area contributed by atoms with Gasteiger partial charge in [-0.25, -0.2) is 17.9 Å². The van der Waals surface area contributed by atoms with Gasteiger partial charge in [-0.1, -0.05) is 0 Å². The molecule has 3 aromatic rings. The Kier molecular flexibility index (Phi) is 4.91. The summed E-state index contributed by atoms with van der Waals surface area (Å²) in [6, 6.07) is 9.50. The third-order valence-electron chi connectivity index (χ3n) is 3.50. The summed E-state index contributed by atoms with van der Waals surface area (Å²) in [4.78, 5) is 8.37. The van der Waals surface area contributed by atoms with Gasteiger partial charge in [-0.05, 0) is 42.7 Å². The zero-order valence-corrected chi connectivity index (χ0v) is 14.0. The van der Waals surface area contributed by atoms with Crippen molar-refractivity contribution < 1.29 is 17.5 Å². The van der Waals surface area contributed by atoms with Crippen molar-refractivity contribution in [2.24, 2.45) is 5.14 Å². The highest BCUT2D eigenvalue weighted by atomic mass is 32.2. The van der Waals surface area contributed by atoms with Crippen LogP contribution in [0.4, 0.5) is 4.39 Å². The first-order valence-corrected chi connectivity index (χ1v) is 9.29. The van der Waals surface area contributed by atoms with Gasteiger partial charge in [0.15, 0.2) is 0 Å². The van der Waals surface area contributed by atoms with E-state index >= 15 is 0 Å². The number of aryl methyl sites for hydroxylation is 1. The summed E-state index contributed by atoms with van der Waals surface area (Å²) in [6.45, 7) is 0. The van der Waals surface area contributed by atoms with Crippen molar-refractivity contribution in [1.82, 2.24) is 9.97 Å². The van der Waals surface area contributed by atoms with Crippen molar-refractivity contribution >= 4 is 21.1 Å². The smallest absolute Gasteiger partial charge is 0.209 e. The number of fused-ring (bicyclic) bond motifs is 1. The summed E-state index contributed by atoms with van der Waals surface area (Å²) in [5, 5.41) is 4.97. The highest BCUT2D eigenvalue weighted by Crippen LogP contribution is 2.26. The maximum atomic E-state index is 13.8. The number of primary sulfonamides is 1. The molecule has 0 atom stereocenters. The lowest BCUT2D eigenvalue weighted by atomic mass is 10.1. The van der Waals surface area contributed by atoms with Crippen LogP contribution in [0.3, 0.4) is 0 Å². The fourth-order valence-electron chi connectivity index (χ4n) is 2.44. The number of benzene rings is 2. The number of nitrogens with zero attached hydrogens (tertiary/aromatic N) is 2. The van der Waals surface area contributed by atoms with Gasteiger partial charge in [0.05, 0.1) is 16.8 Å². The molecule has 130 valence electrons. The van der Waals surface area contributed by atoms with E-state index < -0.39 is 15.8 Å². The van der Waals surface area contributed by atoms with Crippen LogP contribution >= 0.6 is 0 Å². The fourth-order valence-corrected chi connectivity index (χ4v) is 2.99. The minimum atomic E-state index is -3.52. The van der Waals surface area contributed by atoms with Crippen LogP contribution < -0.4 is 9.88 Å². The molecular formula is C17H16FN3O3S. The first kappa shape index (κ1) is 17.2. The van der Waals surface area contributed by atoms with E-state index in [1.54, 1.807) is 36.7 Å². The Morgan fingerprint density at radius 1 is 1.00 bits per heavy atom. The zero-order valence-electron chi connectivity index (χ0n) is 13.2. The summed E-state index contributed by atoms with van der Waals surface area (Å²) < 4.78 is 41.4. The predicted octanol–water partition coefficient (Wildman–Crippen LogP) is 2.78. The Morgan fingerprint density at radius 3 is 2.52 bits per heavy atom. The number of aromatic nitrogens is 2. The monoisotopic (exact) mass is 361 g/mol. The zero-order chi connectivity index (χ0) is 17.9. The van der Waals surface area contributed by atoms with Gasteiger partial charge < -0.3 is 4.74 Å². The van der Waals surface area contributed by atoms with Crippen molar-refractivity contribution in [3.63, 3.8) is 0 Å². The average Bonchev–Trinajstić information content (AvgIpc) is 2.53. The largest absolute Gasteiger partial charge is 0.457 e.